The van der Waals surface area contributed by atoms with Gasteiger partial charge >= 0.3 is 6.18 Å². The van der Waals surface area contributed by atoms with Crippen LogP contribution in [0.3, 0.4) is 0 Å². The van der Waals surface area contributed by atoms with E-state index < -0.39 is 24.2 Å². The summed E-state index contributed by atoms with van der Waals surface area (Å²) in [6, 6.07) is 3.79. The number of amides is 2. The predicted octanol–water partition coefficient (Wildman–Crippen LogP) is 2.94. The molecular weight excluding hydrogens is 361 g/mol. The lowest BCUT2D eigenvalue weighted by molar-refractivity contribution is -0.246. The zero-order valence-electron chi connectivity index (χ0n) is 15.0. The Morgan fingerprint density at radius 3 is 2.70 bits per heavy atom. The SMILES string of the molecule is C=CC(=O)N1CCCc2cc(C(=O)N3CCOC(C(F)(F)F)C3C)ccc21. The molecule has 2 atom stereocenters. The van der Waals surface area contributed by atoms with Crippen LogP contribution in [-0.4, -0.2) is 54.7 Å². The molecule has 0 bridgehead atoms. The van der Waals surface area contributed by atoms with Crippen molar-refractivity contribution in [3.05, 3.63) is 42.0 Å². The number of aryl methyl sites for hydroxylation is 1. The summed E-state index contributed by atoms with van der Waals surface area (Å²) in [6.07, 6.45) is -3.84. The Morgan fingerprint density at radius 1 is 1.30 bits per heavy atom. The number of morpholine rings is 1. The van der Waals surface area contributed by atoms with E-state index in [0.29, 0.717) is 24.2 Å². The molecule has 1 aromatic rings. The molecule has 1 fully saturated rings. The van der Waals surface area contributed by atoms with Crippen LogP contribution >= 0.6 is 0 Å². The molecule has 146 valence electrons. The summed E-state index contributed by atoms with van der Waals surface area (Å²) in [7, 11) is 0. The number of alkyl halides is 3. The van der Waals surface area contributed by atoms with Crippen LogP contribution in [0.25, 0.3) is 0 Å². The summed E-state index contributed by atoms with van der Waals surface area (Å²) in [5.41, 5.74) is 1.86. The minimum absolute atomic E-state index is 0.102. The number of hydrogen-bond donors (Lipinski definition) is 0. The highest BCUT2D eigenvalue weighted by atomic mass is 19.4. The number of rotatable bonds is 2. The number of halogens is 3. The van der Waals surface area contributed by atoms with E-state index in [9.17, 15) is 22.8 Å². The van der Waals surface area contributed by atoms with Crippen molar-refractivity contribution in [3.8, 4) is 0 Å². The molecule has 2 unspecified atom stereocenters. The standard InChI is InChI=1S/C19H21F3N2O3/c1-3-16(25)24-8-4-5-13-11-14(6-7-15(13)24)18(26)23-9-10-27-17(12(23)2)19(20,21)22/h3,6-7,11-12,17H,1,4-5,8-10H2,2H3. The lowest BCUT2D eigenvalue weighted by Crippen LogP contribution is -2.57. The summed E-state index contributed by atoms with van der Waals surface area (Å²) in [5, 5.41) is 0. The largest absolute Gasteiger partial charge is 0.416 e. The first-order chi connectivity index (χ1) is 12.7. The topological polar surface area (TPSA) is 49.9 Å². The Bertz CT molecular complexity index is 763. The van der Waals surface area contributed by atoms with Gasteiger partial charge in [0.05, 0.1) is 12.6 Å². The van der Waals surface area contributed by atoms with E-state index in [2.05, 4.69) is 6.58 Å². The Morgan fingerprint density at radius 2 is 2.04 bits per heavy atom. The molecule has 5 nitrogen and oxygen atoms in total. The van der Waals surface area contributed by atoms with E-state index in [1.807, 2.05) is 0 Å². The average molecular weight is 382 g/mol. The maximum Gasteiger partial charge on any atom is 0.416 e. The van der Waals surface area contributed by atoms with E-state index in [-0.39, 0.29) is 19.1 Å². The van der Waals surface area contributed by atoms with Gasteiger partial charge in [0.25, 0.3) is 5.91 Å². The fourth-order valence-electron chi connectivity index (χ4n) is 3.67. The molecule has 8 heteroatoms. The number of nitrogens with zero attached hydrogens (tertiary/aromatic N) is 2. The van der Waals surface area contributed by atoms with Gasteiger partial charge in [-0.2, -0.15) is 13.2 Å². The molecule has 1 saturated heterocycles. The molecule has 0 saturated carbocycles. The number of anilines is 1. The van der Waals surface area contributed by atoms with Gasteiger partial charge in [-0.1, -0.05) is 6.58 Å². The van der Waals surface area contributed by atoms with Crippen LogP contribution in [0.1, 0.15) is 29.3 Å². The van der Waals surface area contributed by atoms with Gasteiger partial charge in [-0.25, -0.2) is 0 Å². The molecule has 0 aliphatic carbocycles. The molecule has 2 amide bonds. The Kier molecular flexibility index (Phi) is 5.28. The molecule has 27 heavy (non-hydrogen) atoms. The van der Waals surface area contributed by atoms with Gasteiger partial charge in [0.2, 0.25) is 5.91 Å². The van der Waals surface area contributed by atoms with Gasteiger partial charge < -0.3 is 14.5 Å². The highest BCUT2D eigenvalue weighted by molar-refractivity contribution is 6.02. The quantitative estimate of drug-likeness (QED) is 0.739. The zero-order valence-corrected chi connectivity index (χ0v) is 15.0. The third-order valence-electron chi connectivity index (χ3n) is 5.03. The van der Waals surface area contributed by atoms with Crippen molar-refractivity contribution in [1.82, 2.24) is 4.90 Å². The van der Waals surface area contributed by atoms with Crippen LogP contribution in [0, 0.1) is 0 Å². The lowest BCUT2D eigenvalue weighted by atomic mass is 9.98. The van der Waals surface area contributed by atoms with E-state index in [4.69, 9.17) is 4.74 Å². The number of ether oxygens (including phenoxy) is 1. The maximum atomic E-state index is 13.1. The molecule has 1 aromatic carbocycles. The van der Waals surface area contributed by atoms with Gasteiger partial charge in [0.1, 0.15) is 0 Å². The maximum absolute atomic E-state index is 13.1. The molecule has 2 heterocycles. The van der Waals surface area contributed by atoms with Crippen LogP contribution in [0.5, 0.6) is 0 Å². The third kappa shape index (κ3) is 3.71. The molecule has 0 spiro atoms. The summed E-state index contributed by atoms with van der Waals surface area (Å²) < 4.78 is 44.1. The van der Waals surface area contributed by atoms with E-state index in [1.165, 1.54) is 17.9 Å². The van der Waals surface area contributed by atoms with Gasteiger partial charge in [0.15, 0.2) is 6.10 Å². The Balaban J connectivity index is 1.85. The molecular formula is C19H21F3N2O3. The van der Waals surface area contributed by atoms with Crippen molar-refractivity contribution in [2.75, 3.05) is 24.6 Å². The number of fused-ring (bicyclic) bond motifs is 1. The van der Waals surface area contributed by atoms with Crippen molar-refractivity contribution >= 4 is 17.5 Å². The number of carbonyl (C=O) groups excluding carboxylic acids is 2. The van der Waals surface area contributed by atoms with Crippen molar-refractivity contribution in [2.45, 2.75) is 38.1 Å². The van der Waals surface area contributed by atoms with Crippen LogP contribution in [0.15, 0.2) is 30.9 Å². The molecule has 2 aliphatic heterocycles. The van der Waals surface area contributed by atoms with Crippen LogP contribution < -0.4 is 4.90 Å². The third-order valence-corrected chi connectivity index (χ3v) is 5.03. The molecule has 3 rings (SSSR count). The van der Waals surface area contributed by atoms with E-state index in [1.54, 1.807) is 23.1 Å². The second kappa shape index (κ2) is 7.34. The molecule has 0 N–H and O–H groups in total. The second-order valence-corrected chi connectivity index (χ2v) is 6.71. The fourth-order valence-corrected chi connectivity index (χ4v) is 3.67. The first-order valence-corrected chi connectivity index (χ1v) is 8.80. The van der Waals surface area contributed by atoms with E-state index >= 15 is 0 Å². The zero-order chi connectivity index (χ0) is 19.8. The summed E-state index contributed by atoms with van der Waals surface area (Å²) in [6.45, 7) is 5.35. The fraction of sp³-hybridized carbons (Fsp3) is 0.474. The Hall–Kier alpha value is -2.35. The molecule has 0 radical (unpaired) electrons. The summed E-state index contributed by atoms with van der Waals surface area (Å²) in [5.74, 6) is -0.681. The predicted molar refractivity (Wildman–Crippen MR) is 93.6 cm³/mol. The minimum atomic E-state index is -4.53. The monoisotopic (exact) mass is 382 g/mol. The average Bonchev–Trinajstić information content (AvgIpc) is 2.65. The lowest BCUT2D eigenvalue weighted by Gasteiger charge is -2.40. The van der Waals surface area contributed by atoms with Crippen LogP contribution in [-0.2, 0) is 16.0 Å². The number of carbonyl (C=O) groups is 2. The highest BCUT2D eigenvalue weighted by Gasteiger charge is 2.49. The normalized spacial score (nSPS) is 23.0. The van der Waals surface area contributed by atoms with Gasteiger partial charge in [-0.05, 0) is 49.6 Å². The summed E-state index contributed by atoms with van der Waals surface area (Å²) in [4.78, 5) is 27.6. The smallest absolute Gasteiger partial charge is 0.365 e. The number of hydrogen-bond acceptors (Lipinski definition) is 3. The van der Waals surface area contributed by atoms with Crippen molar-refractivity contribution in [1.29, 1.82) is 0 Å². The first-order valence-electron chi connectivity index (χ1n) is 8.80. The molecule has 0 aromatic heterocycles. The number of benzene rings is 1. The highest BCUT2D eigenvalue weighted by Crippen LogP contribution is 2.32. The van der Waals surface area contributed by atoms with Crippen LogP contribution in [0.4, 0.5) is 18.9 Å². The van der Waals surface area contributed by atoms with Crippen molar-refractivity contribution in [3.63, 3.8) is 0 Å². The van der Waals surface area contributed by atoms with Gasteiger partial charge in [-0.15, -0.1) is 0 Å². The van der Waals surface area contributed by atoms with Crippen molar-refractivity contribution in [2.24, 2.45) is 0 Å². The van der Waals surface area contributed by atoms with Crippen molar-refractivity contribution < 1.29 is 27.5 Å². The van der Waals surface area contributed by atoms with Gasteiger partial charge in [-0.3, -0.25) is 9.59 Å². The van der Waals surface area contributed by atoms with Gasteiger partial charge in [0, 0.05) is 24.3 Å². The Labute approximate surface area is 155 Å². The molecule has 2 aliphatic rings. The second-order valence-electron chi connectivity index (χ2n) is 6.71. The summed E-state index contributed by atoms with van der Waals surface area (Å²) >= 11 is 0. The van der Waals surface area contributed by atoms with E-state index in [0.717, 1.165) is 12.0 Å². The first kappa shape index (κ1) is 19.4. The van der Waals surface area contributed by atoms with Crippen LogP contribution in [0.2, 0.25) is 0 Å². The minimum Gasteiger partial charge on any atom is -0.365 e.